The number of hydrogen-bond acceptors (Lipinski definition) is 4. The highest BCUT2D eigenvalue weighted by Crippen LogP contribution is 2.53. The molecule has 2 aromatic carbocycles. The maximum atomic E-state index is 13.0. The van der Waals surface area contributed by atoms with Crippen LogP contribution in [0.1, 0.15) is 57.6 Å². The quantitative estimate of drug-likeness (QED) is 0.273. The van der Waals surface area contributed by atoms with E-state index in [-0.39, 0.29) is 24.3 Å². The Balaban J connectivity index is 1.61. The number of rotatable bonds is 7. The minimum absolute atomic E-state index is 0.0844. The lowest BCUT2D eigenvalue weighted by Gasteiger charge is -2.60. The van der Waals surface area contributed by atoms with Crippen LogP contribution in [0.3, 0.4) is 0 Å². The molecule has 1 aliphatic heterocycles. The molecule has 1 saturated heterocycles. The van der Waals surface area contributed by atoms with Crippen LogP contribution in [-0.2, 0) is 21.4 Å². The van der Waals surface area contributed by atoms with Crippen LogP contribution >= 0.6 is 23.2 Å². The maximum Gasteiger partial charge on any atom is 0.308 e. The number of piperidine rings is 1. The number of benzene rings is 2. The topological polar surface area (TPSA) is 75.6 Å². The first-order chi connectivity index (χ1) is 17.8. The van der Waals surface area contributed by atoms with Gasteiger partial charge in [0.15, 0.2) is 0 Å². The Morgan fingerprint density at radius 1 is 1.16 bits per heavy atom. The summed E-state index contributed by atoms with van der Waals surface area (Å²) in [5.41, 5.74) is 0.234. The van der Waals surface area contributed by atoms with E-state index in [1.165, 1.54) is 6.92 Å². The number of likely N-dealkylation sites (tertiary alicyclic amines) is 1. The van der Waals surface area contributed by atoms with Crippen LogP contribution in [0, 0.1) is 5.92 Å². The molecular formula is C30H39Cl2N2O4+. The van der Waals surface area contributed by atoms with Crippen LogP contribution in [-0.4, -0.2) is 59.8 Å². The molecule has 2 N–H and O–H groups in total. The van der Waals surface area contributed by atoms with Gasteiger partial charge in [-0.1, -0.05) is 55.2 Å². The van der Waals surface area contributed by atoms with E-state index in [1.54, 1.807) is 18.2 Å². The molecule has 2 fully saturated rings. The van der Waals surface area contributed by atoms with E-state index < -0.39 is 11.0 Å². The second-order valence-electron chi connectivity index (χ2n) is 12.0. The highest BCUT2D eigenvalue weighted by atomic mass is 35.5. The standard InChI is InChI=1S/C30H38Cl2N2O4/c1-20(2)18-34(4)13-12-29(23-6-5-7-25(16-23)38-21(3)35)17-24(10-11-30(29,37)19-34)33-28(36)15-22-8-9-26(31)27(32)14-22/h5-9,14,16,20,24,37H,10-13,15,17-19H2,1-4H3/p+1/t24-,29+,30?,34-/m0/s1. The molecule has 206 valence electrons. The van der Waals surface area contributed by atoms with Gasteiger partial charge in [-0.25, -0.2) is 0 Å². The smallest absolute Gasteiger partial charge is 0.308 e. The van der Waals surface area contributed by atoms with E-state index in [0.29, 0.717) is 47.5 Å². The third-order valence-electron chi connectivity index (χ3n) is 8.28. The Morgan fingerprint density at radius 3 is 2.61 bits per heavy atom. The van der Waals surface area contributed by atoms with E-state index in [0.717, 1.165) is 35.1 Å². The summed E-state index contributed by atoms with van der Waals surface area (Å²) < 4.78 is 6.22. The number of likely N-dealkylation sites (N-methyl/N-ethyl adjacent to an activating group) is 1. The number of esters is 1. The number of aliphatic hydroxyl groups is 1. The van der Waals surface area contributed by atoms with Gasteiger partial charge in [0.25, 0.3) is 0 Å². The zero-order valence-corrected chi connectivity index (χ0v) is 24.2. The molecule has 8 heteroatoms. The van der Waals surface area contributed by atoms with E-state index in [9.17, 15) is 14.7 Å². The number of nitrogens with one attached hydrogen (secondary N) is 1. The summed E-state index contributed by atoms with van der Waals surface area (Å²) in [4.78, 5) is 24.7. The van der Waals surface area contributed by atoms with Crippen LogP contribution in [0.4, 0.5) is 0 Å². The van der Waals surface area contributed by atoms with E-state index in [2.05, 4.69) is 26.2 Å². The number of quaternary nitrogens is 1. The lowest BCUT2D eigenvalue weighted by molar-refractivity contribution is -0.926. The zero-order valence-electron chi connectivity index (χ0n) is 22.7. The Labute approximate surface area is 235 Å². The van der Waals surface area contributed by atoms with Crippen molar-refractivity contribution < 1.29 is 23.9 Å². The number of ether oxygens (including phenoxy) is 1. The zero-order chi connectivity index (χ0) is 27.7. The van der Waals surface area contributed by atoms with Crippen LogP contribution < -0.4 is 10.1 Å². The highest BCUT2D eigenvalue weighted by Gasteiger charge is 2.61. The summed E-state index contributed by atoms with van der Waals surface area (Å²) in [6.45, 7) is 8.39. The molecule has 0 aromatic heterocycles. The maximum absolute atomic E-state index is 13.0. The largest absolute Gasteiger partial charge is 0.427 e. The van der Waals surface area contributed by atoms with Crippen molar-refractivity contribution >= 4 is 35.1 Å². The first-order valence-electron chi connectivity index (χ1n) is 13.4. The van der Waals surface area contributed by atoms with Gasteiger partial charge in [0, 0.05) is 30.7 Å². The molecule has 6 nitrogen and oxygen atoms in total. The predicted octanol–water partition coefficient (Wildman–Crippen LogP) is 5.31. The van der Waals surface area contributed by atoms with Gasteiger partial charge >= 0.3 is 5.97 Å². The van der Waals surface area contributed by atoms with Crippen LogP contribution in [0.25, 0.3) is 0 Å². The van der Waals surface area contributed by atoms with Gasteiger partial charge in [-0.15, -0.1) is 0 Å². The second kappa shape index (κ2) is 11.2. The molecule has 4 rings (SSSR count). The van der Waals surface area contributed by atoms with Crippen molar-refractivity contribution in [2.45, 2.75) is 69.9 Å². The molecule has 0 spiro atoms. The molecule has 1 saturated carbocycles. The number of fused-ring (bicyclic) bond motifs is 1. The van der Waals surface area contributed by atoms with Crippen LogP contribution in [0.15, 0.2) is 42.5 Å². The minimum Gasteiger partial charge on any atom is -0.427 e. The van der Waals surface area contributed by atoms with Crippen molar-refractivity contribution in [3.63, 3.8) is 0 Å². The van der Waals surface area contributed by atoms with Gasteiger partial charge in [-0.05, 0) is 54.7 Å². The molecule has 1 aliphatic carbocycles. The van der Waals surface area contributed by atoms with Gasteiger partial charge in [0.05, 0.1) is 36.6 Å². The van der Waals surface area contributed by atoms with Crippen LogP contribution in [0.2, 0.25) is 10.0 Å². The summed E-state index contributed by atoms with van der Waals surface area (Å²) in [6.07, 6.45) is 2.86. The summed E-state index contributed by atoms with van der Waals surface area (Å²) in [7, 11) is 2.24. The molecule has 4 atom stereocenters. The molecule has 1 unspecified atom stereocenters. The molecule has 38 heavy (non-hydrogen) atoms. The normalized spacial score (nSPS) is 29.0. The summed E-state index contributed by atoms with van der Waals surface area (Å²) in [6, 6.07) is 12.7. The van der Waals surface area contributed by atoms with Crippen molar-refractivity contribution in [1.82, 2.24) is 5.32 Å². The fraction of sp³-hybridized carbons (Fsp3) is 0.533. The molecular weight excluding hydrogens is 523 g/mol. The molecule has 0 bridgehead atoms. The lowest BCUT2D eigenvalue weighted by atomic mass is 9.54. The van der Waals surface area contributed by atoms with Gasteiger partial charge < -0.3 is 19.6 Å². The first kappa shape index (κ1) is 28.9. The minimum atomic E-state index is -0.950. The molecule has 2 aliphatic rings. The SMILES string of the molecule is CC(=O)Oc1cccc([C@]23CC[N@@+](C)(CC(C)C)CC2(O)CC[C@H](NC(=O)Cc2ccc(Cl)c(Cl)c2)C3)c1. The lowest BCUT2D eigenvalue weighted by Crippen LogP contribution is -2.71. The summed E-state index contributed by atoms with van der Waals surface area (Å²) in [5.74, 6) is 0.526. The summed E-state index contributed by atoms with van der Waals surface area (Å²) >= 11 is 12.2. The van der Waals surface area contributed by atoms with Crippen molar-refractivity contribution in [3.05, 3.63) is 63.6 Å². The number of nitrogens with zero attached hydrogens (tertiary/aromatic N) is 1. The third-order valence-corrected chi connectivity index (χ3v) is 9.02. The number of carbonyl (C=O) groups excluding carboxylic acids is 2. The van der Waals surface area contributed by atoms with Crippen molar-refractivity contribution in [3.8, 4) is 5.75 Å². The van der Waals surface area contributed by atoms with Crippen molar-refractivity contribution in [2.24, 2.45) is 5.92 Å². The molecule has 1 amide bonds. The number of halogens is 2. The van der Waals surface area contributed by atoms with Crippen LogP contribution in [0.5, 0.6) is 5.75 Å². The Morgan fingerprint density at radius 2 is 1.92 bits per heavy atom. The number of amides is 1. The summed E-state index contributed by atoms with van der Waals surface area (Å²) in [5, 5.41) is 16.5. The molecule has 2 aromatic rings. The highest BCUT2D eigenvalue weighted by molar-refractivity contribution is 6.42. The van der Waals surface area contributed by atoms with Crippen molar-refractivity contribution in [1.29, 1.82) is 0 Å². The Hall–Kier alpha value is -2.12. The third kappa shape index (κ3) is 6.20. The van der Waals surface area contributed by atoms with Gasteiger partial charge in [-0.3, -0.25) is 9.59 Å². The monoisotopic (exact) mass is 561 g/mol. The molecule has 1 heterocycles. The fourth-order valence-electron chi connectivity index (χ4n) is 6.93. The first-order valence-corrected chi connectivity index (χ1v) is 14.2. The Kier molecular flexibility index (Phi) is 8.49. The Bertz CT molecular complexity index is 1200. The second-order valence-corrected chi connectivity index (χ2v) is 12.8. The average Bonchev–Trinajstić information content (AvgIpc) is 2.81. The van der Waals surface area contributed by atoms with E-state index in [4.69, 9.17) is 27.9 Å². The van der Waals surface area contributed by atoms with E-state index in [1.807, 2.05) is 24.3 Å². The van der Waals surface area contributed by atoms with Gasteiger partial charge in [0.1, 0.15) is 17.9 Å². The van der Waals surface area contributed by atoms with E-state index >= 15 is 0 Å². The van der Waals surface area contributed by atoms with Gasteiger partial charge in [-0.2, -0.15) is 0 Å². The predicted molar refractivity (Wildman–Crippen MR) is 151 cm³/mol. The van der Waals surface area contributed by atoms with Crippen molar-refractivity contribution in [2.75, 3.05) is 26.7 Å². The van der Waals surface area contributed by atoms with Gasteiger partial charge in [0.2, 0.25) is 5.91 Å². The number of hydrogen-bond donors (Lipinski definition) is 2. The molecule has 0 radical (unpaired) electrons. The number of carbonyl (C=O) groups is 2. The average molecular weight is 563 g/mol. The fourth-order valence-corrected chi connectivity index (χ4v) is 7.25.